The molecule has 1 amide bonds. The van der Waals surface area contributed by atoms with Crippen molar-refractivity contribution in [1.29, 1.82) is 0 Å². The Hall–Kier alpha value is -1.88. The second-order valence-corrected chi connectivity index (χ2v) is 6.11. The van der Waals surface area contributed by atoms with Crippen molar-refractivity contribution in [3.63, 3.8) is 0 Å². The Morgan fingerprint density at radius 2 is 2.19 bits per heavy atom. The van der Waals surface area contributed by atoms with Gasteiger partial charge in [-0.3, -0.25) is 9.69 Å². The minimum atomic E-state index is -0.124. The normalized spacial score (nSPS) is 31.5. The number of nitrogens with one attached hydrogen (secondary N) is 1. The van der Waals surface area contributed by atoms with Gasteiger partial charge in [0.05, 0.1) is 6.26 Å². The summed E-state index contributed by atoms with van der Waals surface area (Å²) in [5, 5.41) is 4.11. The highest BCUT2D eigenvalue weighted by molar-refractivity contribution is 6.03. The molecule has 2 aromatic rings. The van der Waals surface area contributed by atoms with E-state index < -0.39 is 0 Å². The summed E-state index contributed by atoms with van der Waals surface area (Å²) in [5.74, 6) is 0.464. The zero-order valence-electron chi connectivity index (χ0n) is 12.1. The number of hydrogen-bond acceptors (Lipinski definition) is 4. The van der Waals surface area contributed by atoms with Crippen LogP contribution in [-0.4, -0.2) is 41.0 Å². The fourth-order valence-corrected chi connectivity index (χ4v) is 3.82. The number of hydrogen-bond donors (Lipinski definition) is 1. The second kappa shape index (κ2) is 4.84. The highest BCUT2D eigenvalue weighted by atomic mass is 16.3. The van der Waals surface area contributed by atoms with Crippen LogP contribution in [0.2, 0.25) is 0 Å². The van der Waals surface area contributed by atoms with Gasteiger partial charge in [-0.15, -0.1) is 0 Å². The van der Waals surface area contributed by atoms with E-state index in [-0.39, 0.29) is 11.9 Å². The van der Waals surface area contributed by atoms with Crippen molar-refractivity contribution in [1.82, 2.24) is 15.2 Å². The molecular formula is C16H19N3O2. The lowest BCUT2D eigenvalue weighted by Crippen LogP contribution is -2.62. The molecule has 0 radical (unpaired) electrons. The van der Waals surface area contributed by atoms with Gasteiger partial charge in [0.25, 0.3) is 5.91 Å². The van der Waals surface area contributed by atoms with E-state index in [2.05, 4.69) is 22.1 Å². The Balaban J connectivity index is 1.60. The zero-order chi connectivity index (χ0) is 14.4. The number of nitrogens with zero attached hydrogens (tertiary/aromatic N) is 2. The maximum absolute atomic E-state index is 12.6. The second-order valence-electron chi connectivity index (χ2n) is 6.11. The van der Waals surface area contributed by atoms with Crippen molar-refractivity contribution in [2.45, 2.75) is 31.8 Å². The van der Waals surface area contributed by atoms with Crippen molar-refractivity contribution in [2.75, 3.05) is 13.1 Å². The Kier molecular flexibility index (Phi) is 2.96. The number of rotatable bonds is 2. The largest absolute Gasteiger partial charge is 0.462 e. The molecule has 5 heterocycles. The van der Waals surface area contributed by atoms with Gasteiger partial charge in [-0.25, -0.2) is 4.98 Å². The summed E-state index contributed by atoms with van der Waals surface area (Å²) in [5.41, 5.74) is 0.963. The molecule has 3 saturated heterocycles. The third-order valence-corrected chi connectivity index (χ3v) is 5.06. The van der Waals surface area contributed by atoms with Crippen molar-refractivity contribution in [3.05, 3.63) is 30.3 Å². The molecule has 3 aliphatic heterocycles. The number of piperidine rings is 3. The van der Waals surface area contributed by atoms with E-state index in [1.54, 1.807) is 12.5 Å². The fourth-order valence-electron chi connectivity index (χ4n) is 3.82. The van der Waals surface area contributed by atoms with Gasteiger partial charge >= 0.3 is 0 Å². The Morgan fingerprint density at radius 1 is 1.38 bits per heavy atom. The maximum Gasteiger partial charge on any atom is 0.274 e. The average Bonchev–Trinajstić information content (AvgIpc) is 2.99. The number of carbonyl (C=O) groups is 1. The van der Waals surface area contributed by atoms with E-state index >= 15 is 0 Å². The first-order chi connectivity index (χ1) is 10.2. The zero-order valence-corrected chi connectivity index (χ0v) is 12.1. The fraction of sp³-hybridized carbons (Fsp3) is 0.500. The van der Waals surface area contributed by atoms with Crippen LogP contribution >= 0.6 is 0 Å². The summed E-state index contributed by atoms with van der Waals surface area (Å²) in [4.78, 5) is 19.3. The first-order valence-corrected chi connectivity index (χ1v) is 7.61. The highest BCUT2D eigenvalue weighted by Crippen LogP contribution is 2.32. The third-order valence-electron chi connectivity index (χ3n) is 5.06. The molecule has 5 nitrogen and oxygen atoms in total. The van der Waals surface area contributed by atoms with Crippen molar-refractivity contribution in [2.24, 2.45) is 5.92 Å². The molecule has 2 bridgehead atoms. The Morgan fingerprint density at radius 3 is 2.95 bits per heavy atom. The van der Waals surface area contributed by atoms with E-state index in [9.17, 15) is 4.79 Å². The van der Waals surface area contributed by atoms with Crippen LogP contribution in [0.25, 0.3) is 11.0 Å². The van der Waals surface area contributed by atoms with Crippen LogP contribution in [0.5, 0.6) is 0 Å². The Labute approximate surface area is 123 Å². The van der Waals surface area contributed by atoms with Crippen molar-refractivity contribution in [3.8, 4) is 0 Å². The predicted molar refractivity (Wildman–Crippen MR) is 79.0 cm³/mol. The summed E-state index contributed by atoms with van der Waals surface area (Å²) in [7, 11) is 0. The van der Waals surface area contributed by atoms with Gasteiger partial charge in [-0.1, -0.05) is 0 Å². The van der Waals surface area contributed by atoms with Crippen LogP contribution in [0.1, 0.15) is 30.3 Å². The molecule has 5 heteroatoms. The molecule has 3 aliphatic rings. The van der Waals surface area contributed by atoms with Crippen LogP contribution in [0.4, 0.5) is 0 Å². The molecule has 0 aromatic carbocycles. The van der Waals surface area contributed by atoms with E-state index in [4.69, 9.17) is 4.42 Å². The molecule has 1 N–H and O–H groups in total. The first-order valence-electron chi connectivity index (χ1n) is 7.61. The van der Waals surface area contributed by atoms with Gasteiger partial charge in [0, 0.05) is 23.7 Å². The average molecular weight is 285 g/mol. The number of aromatic nitrogens is 1. The minimum Gasteiger partial charge on any atom is -0.462 e. The van der Waals surface area contributed by atoms with E-state index in [1.165, 1.54) is 12.8 Å². The van der Waals surface area contributed by atoms with Crippen LogP contribution < -0.4 is 5.32 Å². The number of amides is 1. The molecule has 2 aromatic heterocycles. The molecule has 0 saturated carbocycles. The van der Waals surface area contributed by atoms with Gasteiger partial charge in [0.15, 0.2) is 11.3 Å². The smallest absolute Gasteiger partial charge is 0.274 e. The monoisotopic (exact) mass is 285 g/mol. The number of carbonyl (C=O) groups excluding carboxylic acids is 1. The van der Waals surface area contributed by atoms with Crippen LogP contribution in [0, 0.1) is 5.92 Å². The summed E-state index contributed by atoms with van der Waals surface area (Å²) in [6.45, 7) is 4.52. The summed E-state index contributed by atoms with van der Waals surface area (Å²) in [6, 6.07) is 4.32. The first kappa shape index (κ1) is 12.8. The molecular weight excluding hydrogens is 266 g/mol. The SMILES string of the molecule is C[C@H]1[C@H](NC(=O)c2nccc3ccoc23)C2CCN1CC2. The molecule has 5 rings (SSSR count). The molecule has 0 unspecified atom stereocenters. The summed E-state index contributed by atoms with van der Waals surface area (Å²) < 4.78 is 5.41. The number of pyridine rings is 1. The Bertz CT molecular complexity index is 671. The van der Waals surface area contributed by atoms with Crippen molar-refractivity contribution >= 4 is 16.9 Å². The van der Waals surface area contributed by atoms with Gasteiger partial charge < -0.3 is 9.73 Å². The predicted octanol–water partition coefficient (Wildman–Crippen LogP) is 2.04. The van der Waals surface area contributed by atoms with Crippen molar-refractivity contribution < 1.29 is 9.21 Å². The lowest BCUT2D eigenvalue weighted by Gasteiger charge is -2.49. The topological polar surface area (TPSA) is 58.4 Å². The van der Waals surface area contributed by atoms with Gasteiger partial charge in [0.1, 0.15) is 0 Å². The standard InChI is InChI=1S/C16H19N3O2/c1-10-13(11-3-7-19(10)8-4-11)18-16(20)14-15-12(2-6-17-14)5-9-21-15/h2,5-6,9-11,13H,3-4,7-8H2,1H3,(H,18,20)/t10-,13-/m0/s1. The summed E-state index contributed by atoms with van der Waals surface area (Å²) in [6.07, 6.45) is 5.61. The van der Waals surface area contributed by atoms with Gasteiger partial charge in [0.2, 0.25) is 0 Å². The molecule has 0 aliphatic carbocycles. The lowest BCUT2D eigenvalue weighted by molar-refractivity contribution is 0.0216. The third kappa shape index (κ3) is 2.03. The van der Waals surface area contributed by atoms with Gasteiger partial charge in [-0.05, 0) is 50.9 Å². The van der Waals surface area contributed by atoms with Gasteiger partial charge in [-0.2, -0.15) is 0 Å². The molecule has 110 valence electrons. The number of furan rings is 1. The molecule has 2 atom stereocenters. The summed E-state index contributed by atoms with van der Waals surface area (Å²) >= 11 is 0. The minimum absolute atomic E-state index is 0.124. The maximum atomic E-state index is 12.6. The van der Waals surface area contributed by atoms with Crippen LogP contribution in [-0.2, 0) is 0 Å². The highest BCUT2D eigenvalue weighted by Gasteiger charge is 2.40. The molecule has 0 spiro atoms. The van der Waals surface area contributed by atoms with Crippen LogP contribution in [0.3, 0.4) is 0 Å². The lowest BCUT2D eigenvalue weighted by atomic mass is 9.79. The van der Waals surface area contributed by atoms with E-state index in [1.807, 2.05) is 12.1 Å². The molecule has 3 fully saturated rings. The number of fused-ring (bicyclic) bond motifs is 4. The van der Waals surface area contributed by atoms with Crippen LogP contribution in [0.15, 0.2) is 29.0 Å². The van der Waals surface area contributed by atoms with E-state index in [0.717, 1.165) is 18.5 Å². The quantitative estimate of drug-likeness (QED) is 0.917. The van der Waals surface area contributed by atoms with E-state index in [0.29, 0.717) is 23.2 Å². The molecule has 21 heavy (non-hydrogen) atoms.